The number of hydrogen-bond acceptors (Lipinski definition) is 5. The summed E-state index contributed by atoms with van der Waals surface area (Å²) in [5.74, 6) is 0.634. The van der Waals surface area contributed by atoms with Crippen LogP contribution in [0.5, 0.6) is 11.5 Å². The van der Waals surface area contributed by atoms with Gasteiger partial charge < -0.3 is 14.8 Å². The molecular weight excluding hydrogens is 430 g/mol. The third kappa shape index (κ3) is 7.78. The smallest absolute Gasteiger partial charge is 0.277 e. The minimum atomic E-state index is -0.351. The number of amides is 2. The lowest BCUT2D eigenvalue weighted by atomic mass is 10.1. The predicted molar refractivity (Wildman–Crippen MR) is 134 cm³/mol. The Balaban J connectivity index is 1.41. The van der Waals surface area contributed by atoms with Gasteiger partial charge in [0.2, 0.25) is 0 Å². The van der Waals surface area contributed by atoms with E-state index in [0.717, 1.165) is 34.4 Å². The molecule has 0 atom stereocenters. The Labute approximate surface area is 199 Å². The fourth-order valence-corrected chi connectivity index (χ4v) is 3.17. The molecule has 0 spiro atoms. The molecule has 0 aliphatic rings. The van der Waals surface area contributed by atoms with E-state index in [9.17, 15) is 9.59 Å². The predicted octanol–water partition coefficient (Wildman–Crippen LogP) is 4.41. The zero-order valence-electron chi connectivity index (χ0n) is 19.6. The van der Waals surface area contributed by atoms with Crippen molar-refractivity contribution >= 4 is 23.7 Å². The van der Waals surface area contributed by atoms with Gasteiger partial charge in [-0.25, -0.2) is 5.43 Å². The summed E-state index contributed by atoms with van der Waals surface area (Å²) < 4.78 is 11.1. The summed E-state index contributed by atoms with van der Waals surface area (Å²) in [6.45, 7) is 5.77. The number of carbonyl (C=O) groups is 2. The van der Waals surface area contributed by atoms with E-state index in [4.69, 9.17) is 9.47 Å². The van der Waals surface area contributed by atoms with E-state index in [1.807, 2.05) is 50.2 Å². The first kappa shape index (κ1) is 24.5. The van der Waals surface area contributed by atoms with Crippen molar-refractivity contribution in [1.29, 1.82) is 0 Å². The first-order chi connectivity index (χ1) is 16.4. The van der Waals surface area contributed by atoms with Crippen LogP contribution in [0.3, 0.4) is 0 Å². The summed E-state index contributed by atoms with van der Waals surface area (Å²) >= 11 is 0. The van der Waals surface area contributed by atoms with Crippen LogP contribution in [-0.2, 0) is 16.0 Å². The first-order valence-corrected chi connectivity index (χ1v) is 11.1. The summed E-state index contributed by atoms with van der Waals surface area (Å²) in [5.41, 5.74) is 7.21. The lowest BCUT2D eigenvalue weighted by Gasteiger charge is -2.09. The number of para-hydroxylation sites is 1. The first-order valence-electron chi connectivity index (χ1n) is 11.1. The van der Waals surface area contributed by atoms with Crippen molar-refractivity contribution < 1.29 is 19.1 Å². The average Bonchev–Trinajstić information content (AvgIpc) is 2.83. The molecule has 176 valence electrons. The van der Waals surface area contributed by atoms with Gasteiger partial charge in [0.1, 0.15) is 11.5 Å². The molecule has 0 aliphatic carbocycles. The number of carbonyl (C=O) groups excluding carboxylic acids is 2. The third-order valence-corrected chi connectivity index (χ3v) is 4.96. The SMILES string of the molecule is CCc1cc(C)cc(OCC(=O)N/N=C/c2ccc(OCC(=O)Nc3ccccc3C)cc2)c1. The highest BCUT2D eigenvalue weighted by molar-refractivity contribution is 5.92. The summed E-state index contributed by atoms with van der Waals surface area (Å²) in [7, 11) is 0. The van der Waals surface area contributed by atoms with Gasteiger partial charge in [0, 0.05) is 5.69 Å². The summed E-state index contributed by atoms with van der Waals surface area (Å²) in [5, 5.41) is 6.78. The monoisotopic (exact) mass is 459 g/mol. The molecular formula is C27H29N3O4. The number of ether oxygens (including phenoxy) is 2. The van der Waals surface area contributed by atoms with E-state index in [1.54, 1.807) is 24.3 Å². The molecule has 7 heteroatoms. The summed E-state index contributed by atoms with van der Waals surface area (Å²) in [6.07, 6.45) is 2.42. The third-order valence-electron chi connectivity index (χ3n) is 4.96. The van der Waals surface area contributed by atoms with Gasteiger partial charge in [-0.3, -0.25) is 9.59 Å². The minimum absolute atomic E-state index is 0.0987. The largest absolute Gasteiger partial charge is 0.484 e. The molecule has 0 radical (unpaired) electrons. The second-order valence-corrected chi connectivity index (χ2v) is 7.81. The molecule has 34 heavy (non-hydrogen) atoms. The van der Waals surface area contributed by atoms with Crippen molar-refractivity contribution in [3.8, 4) is 11.5 Å². The lowest BCUT2D eigenvalue weighted by molar-refractivity contribution is -0.123. The molecule has 2 amide bonds. The molecule has 3 aromatic rings. The van der Waals surface area contributed by atoms with E-state index in [-0.39, 0.29) is 25.0 Å². The van der Waals surface area contributed by atoms with Crippen molar-refractivity contribution in [2.45, 2.75) is 27.2 Å². The van der Waals surface area contributed by atoms with Crippen molar-refractivity contribution in [3.63, 3.8) is 0 Å². The highest BCUT2D eigenvalue weighted by Gasteiger charge is 2.06. The van der Waals surface area contributed by atoms with Gasteiger partial charge in [0.05, 0.1) is 6.21 Å². The Morgan fingerprint density at radius 1 is 0.882 bits per heavy atom. The Bertz CT molecular complexity index is 1160. The lowest BCUT2D eigenvalue weighted by Crippen LogP contribution is -2.24. The summed E-state index contributed by atoms with van der Waals surface area (Å²) in [6, 6.07) is 20.5. The van der Waals surface area contributed by atoms with Crippen molar-refractivity contribution in [3.05, 3.63) is 89.0 Å². The van der Waals surface area contributed by atoms with Crippen LogP contribution in [0.4, 0.5) is 5.69 Å². The zero-order chi connectivity index (χ0) is 24.3. The maximum absolute atomic E-state index is 12.1. The van der Waals surface area contributed by atoms with Crippen LogP contribution >= 0.6 is 0 Å². The fourth-order valence-electron chi connectivity index (χ4n) is 3.17. The molecule has 0 aliphatic heterocycles. The molecule has 0 bridgehead atoms. The van der Waals surface area contributed by atoms with E-state index < -0.39 is 0 Å². The molecule has 3 aromatic carbocycles. The number of benzene rings is 3. The molecule has 0 aromatic heterocycles. The Hall–Kier alpha value is -4.13. The molecule has 3 rings (SSSR count). The maximum Gasteiger partial charge on any atom is 0.277 e. The number of anilines is 1. The van der Waals surface area contributed by atoms with Crippen molar-refractivity contribution in [2.24, 2.45) is 5.10 Å². The van der Waals surface area contributed by atoms with E-state index in [1.165, 1.54) is 6.21 Å². The van der Waals surface area contributed by atoms with Gasteiger partial charge in [-0.2, -0.15) is 5.10 Å². The maximum atomic E-state index is 12.1. The van der Waals surface area contributed by atoms with Gasteiger partial charge in [-0.1, -0.05) is 31.2 Å². The van der Waals surface area contributed by atoms with Crippen LogP contribution < -0.4 is 20.2 Å². The van der Waals surface area contributed by atoms with E-state index >= 15 is 0 Å². The minimum Gasteiger partial charge on any atom is -0.484 e. The van der Waals surface area contributed by atoms with Crippen LogP contribution in [0.1, 0.15) is 29.2 Å². The summed E-state index contributed by atoms with van der Waals surface area (Å²) in [4.78, 5) is 24.1. The fraction of sp³-hybridized carbons (Fsp3) is 0.222. The van der Waals surface area contributed by atoms with Gasteiger partial charge >= 0.3 is 0 Å². The average molecular weight is 460 g/mol. The molecule has 0 saturated carbocycles. The number of hydrazone groups is 1. The Kier molecular flexibility index (Phi) is 8.80. The molecule has 0 fully saturated rings. The van der Waals surface area contributed by atoms with Crippen molar-refractivity contribution in [2.75, 3.05) is 18.5 Å². The highest BCUT2D eigenvalue weighted by Crippen LogP contribution is 2.17. The number of nitrogens with zero attached hydrogens (tertiary/aromatic N) is 1. The normalized spacial score (nSPS) is 10.7. The van der Waals surface area contributed by atoms with Crippen LogP contribution in [0.25, 0.3) is 0 Å². The van der Waals surface area contributed by atoms with Crippen molar-refractivity contribution in [1.82, 2.24) is 5.43 Å². The van der Waals surface area contributed by atoms with E-state index in [0.29, 0.717) is 11.5 Å². The number of rotatable bonds is 10. The quantitative estimate of drug-likeness (QED) is 0.347. The van der Waals surface area contributed by atoms with Crippen LogP contribution in [0, 0.1) is 13.8 Å². The highest BCUT2D eigenvalue weighted by atomic mass is 16.5. The van der Waals surface area contributed by atoms with Crippen LogP contribution in [0.15, 0.2) is 71.8 Å². The van der Waals surface area contributed by atoms with Gasteiger partial charge in [-0.05, 0) is 85.0 Å². The Morgan fingerprint density at radius 3 is 2.32 bits per heavy atom. The van der Waals surface area contributed by atoms with Gasteiger partial charge in [0.15, 0.2) is 13.2 Å². The molecule has 2 N–H and O–H groups in total. The second-order valence-electron chi connectivity index (χ2n) is 7.81. The number of nitrogens with one attached hydrogen (secondary N) is 2. The zero-order valence-corrected chi connectivity index (χ0v) is 19.6. The Morgan fingerprint density at radius 2 is 1.59 bits per heavy atom. The molecule has 7 nitrogen and oxygen atoms in total. The van der Waals surface area contributed by atoms with Gasteiger partial charge in [0.25, 0.3) is 11.8 Å². The standard InChI is InChI=1S/C27H29N3O4/c1-4-21-13-19(2)14-24(15-21)34-18-27(32)30-28-16-22-9-11-23(12-10-22)33-17-26(31)29-25-8-6-5-7-20(25)3/h5-16H,4,17-18H2,1-3H3,(H,29,31)(H,30,32)/b28-16+. The molecule has 0 saturated heterocycles. The topological polar surface area (TPSA) is 89.0 Å². The van der Waals surface area contributed by atoms with Crippen LogP contribution in [-0.4, -0.2) is 31.2 Å². The molecule has 0 unspecified atom stereocenters. The van der Waals surface area contributed by atoms with Crippen LogP contribution in [0.2, 0.25) is 0 Å². The second kappa shape index (κ2) is 12.2. The van der Waals surface area contributed by atoms with Gasteiger partial charge in [-0.15, -0.1) is 0 Å². The van der Waals surface area contributed by atoms with E-state index in [2.05, 4.69) is 28.8 Å². The number of hydrogen-bond donors (Lipinski definition) is 2. The number of aryl methyl sites for hydroxylation is 3. The molecule has 0 heterocycles.